The Morgan fingerprint density at radius 3 is 1.77 bits per heavy atom. The number of pyridine rings is 1. The van der Waals surface area contributed by atoms with Gasteiger partial charge in [0.1, 0.15) is 5.75 Å². The van der Waals surface area contributed by atoms with Gasteiger partial charge in [-0.3, -0.25) is 4.98 Å². The van der Waals surface area contributed by atoms with E-state index in [4.69, 9.17) is 4.74 Å². The van der Waals surface area contributed by atoms with Crippen LogP contribution in [-0.4, -0.2) is 11.6 Å². The van der Waals surface area contributed by atoms with Gasteiger partial charge in [-0.05, 0) is 42.3 Å². The summed E-state index contributed by atoms with van der Waals surface area (Å²) in [5.41, 5.74) is 2.13. The fourth-order valence-corrected chi connectivity index (χ4v) is 3.82. The Balaban J connectivity index is 1.41. The molecule has 2 aromatic rings. The average Bonchev–Trinajstić information content (AvgIpc) is 2.81. The molecule has 0 atom stereocenters. The Morgan fingerprint density at radius 1 is 0.645 bits per heavy atom. The lowest BCUT2D eigenvalue weighted by Gasteiger charge is -2.06. The van der Waals surface area contributed by atoms with Crippen molar-refractivity contribution in [3.63, 3.8) is 0 Å². The maximum atomic E-state index is 5.89. The summed E-state index contributed by atoms with van der Waals surface area (Å²) in [6.07, 6.45) is 25.3. The van der Waals surface area contributed by atoms with Gasteiger partial charge in [0.25, 0.3) is 0 Å². The minimum Gasteiger partial charge on any atom is -0.494 e. The Hall–Kier alpha value is -2.09. The summed E-state index contributed by atoms with van der Waals surface area (Å²) in [6.45, 7) is 3.11. The van der Waals surface area contributed by atoms with Gasteiger partial charge in [-0.15, -0.1) is 0 Å². The summed E-state index contributed by atoms with van der Waals surface area (Å²) in [6, 6.07) is 14.2. The number of hydrogen-bond acceptors (Lipinski definition) is 2. The molecule has 0 saturated heterocycles. The van der Waals surface area contributed by atoms with Crippen molar-refractivity contribution < 1.29 is 4.74 Å². The van der Waals surface area contributed by atoms with Crippen LogP contribution in [0.4, 0.5) is 0 Å². The zero-order chi connectivity index (χ0) is 21.8. The second kappa shape index (κ2) is 17.6. The van der Waals surface area contributed by atoms with Gasteiger partial charge in [0.15, 0.2) is 0 Å². The molecule has 2 heteroatoms. The smallest absolute Gasteiger partial charge is 0.119 e. The number of nitrogens with zero attached hydrogens (tertiary/aromatic N) is 1. The Labute approximate surface area is 191 Å². The third kappa shape index (κ3) is 13.0. The third-order valence-corrected chi connectivity index (χ3v) is 5.78. The van der Waals surface area contributed by atoms with Gasteiger partial charge < -0.3 is 4.74 Å². The summed E-state index contributed by atoms with van der Waals surface area (Å²) >= 11 is 0. The molecule has 31 heavy (non-hydrogen) atoms. The molecule has 0 saturated carbocycles. The molecular weight excluding hydrogens is 378 g/mol. The van der Waals surface area contributed by atoms with Crippen LogP contribution >= 0.6 is 0 Å². The molecule has 2 nitrogen and oxygen atoms in total. The largest absolute Gasteiger partial charge is 0.494 e. The molecule has 0 amide bonds. The van der Waals surface area contributed by atoms with E-state index in [1.165, 1.54) is 83.5 Å². The number of unbranched alkanes of at least 4 members (excludes halogenated alkanes) is 13. The molecular formula is C29H43NO. The van der Waals surface area contributed by atoms with E-state index in [2.05, 4.69) is 42.2 Å². The first-order valence-electron chi connectivity index (χ1n) is 12.7. The van der Waals surface area contributed by atoms with Crippen molar-refractivity contribution >= 4 is 12.2 Å². The standard InChI is InChI=1S/C29H43NO/c1-2-3-4-5-6-7-8-9-10-11-12-13-14-17-26-31-29-23-20-27(21-24-29)19-22-28-18-15-16-25-30-28/h15-16,18-25H,2-14,17,26H2,1H3/b22-19+. The summed E-state index contributed by atoms with van der Waals surface area (Å²) in [7, 11) is 0. The first-order valence-corrected chi connectivity index (χ1v) is 12.7. The molecule has 0 aliphatic rings. The normalized spacial score (nSPS) is 11.3. The summed E-state index contributed by atoms with van der Waals surface area (Å²) in [5.74, 6) is 0.963. The molecule has 0 bridgehead atoms. The van der Waals surface area contributed by atoms with E-state index in [-0.39, 0.29) is 0 Å². The molecule has 1 heterocycles. The van der Waals surface area contributed by atoms with Crippen molar-refractivity contribution in [3.8, 4) is 5.75 Å². The van der Waals surface area contributed by atoms with E-state index in [1.807, 2.05) is 30.5 Å². The number of ether oxygens (including phenoxy) is 1. The zero-order valence-corrected chi connectivity index (χ0v) is 19.7. The quantitative estimate of drug-likeness (QED) is 0.224. The molecule has 1 aromatic heterocycles. The first-order chi connectivity index (χ1) is 15.4. The molecule has 0 spiro atoms. The number of hydrogen-bond donors (Lipinski definition) is 0. The highest BCUT2D eigenvalue weighted by Gasteiger charge is 1.96. The van der Waals surface area contributed by atoms with Gasteiger partial charge in [0.05, 0.1) is 12.3 Å². The lowest BCUT2D eigenvalue weighted by molar-refractivity contribution is 0.304. The molecule has 2 rings (SSSR count). The topological polar surface area (TPSA) is 22.1 Å². The minimum atomic E-state index is 0.821. The average molecular weight is 422 g/mol. The number of rotatable bonds is 18. The van der Waals surface area contributed by atoms with Crippen molar-refractivity contribution in [2.24, 2.45) is 0 Å². The van der Waals surface area contributed by atoms with Crippen LogP contribution in [-0.2, 0) is 0 Å². The number of benzene rings is 1. The molecule has 1 aromatic carbocycles. The highest BCUT2D eigenvalue weighted by molar-refractivity contribution is 5.68. The highest BCUT2D eigenvalue weighted by atomic mass is 16.5. The van der Waals surface area contributed by atoms with E-state index in [1.54, 1.807) is 0 Å². The minimum absolute atomic E-state index is 0.821. The summed E-state index contributed by atoms with van der Waals surface area (Å²) in [4.78, 5) is 4.30. The van der Waals surface area contributed by atoms with Crippen LogP contribution in [0, 0.1) is 0 Å². The van der Waals surface area contributed by atoms with Crippen LogP contribution in [0.2, 0.25) is 0 Å². The van der Waals surface area contributed by atoms with E-state index >= 15 is 0 Å². The van der Waals surface area contributed by atoms with Crippen molar-refractivity contribution in [1.82, 2.24) is 4.98 Å². The van der Waals surface area contributed by atoms with Gasteiger partial charge >= 0.3 is 0 Å². The van der Waals surface area contributed by atoms with Crippen LogP contribution in [0.5, 0.6) is 5.75 Å². The van der Waals surface area contributed by atoms with Crippen LogP contribution < -0.4 is 4.74 Å². The van der Waals surface area contributed by atoms with Gasteiger partial charge in [-0.25, -0.2) is 0 Å². The van der Waals surface area contributed by atoms with Gasteiger partial charge in [-0.1, -0.05) is 115 Å². The van der Waals surface area contributed by atoms with E-state index in [9.17, 15) is 0 Å². The molecule has 0 fully saturated rings. The second-order valence-electron chi connectivity index (χ2n) is 8.60. The Morgan fingerprint density at radius 2 is 1.23 bits per heavy atom. The van der Waals surface area contributed by atoms with Crippen LogP contribution in [0.1, 0.15) is 108 Å². The summed E-state index contributed by atoms with van der Waals surface area (Å²) < 4.78 is 5.89. The number of aromatic nitrogens is 1. The molecule has 170 valence electrons. The Kier molecular flexibility index (Phi) is 14.3. The van der Waals surface area contributed by atoms with Crippen molar-refractivity contribution in [1.29, 1.82) is 0 Å². The fraction of sp³-hybridized carbons (Fsp3) is 0.552. The first kappa shape index (κ1) is 25.2. The molecule has 0 N–H and O–H groups in total. The fourth-order valence-electron chi connectivity index (χ4n) is 3.82. The SMILES string of the molecule is CCCCCCCCCCCCCCCCOc1ccc(/C=C/c2ccccn2)cc1. The second-order valence-corrected chi connectivity index (χ2v) is 8.60. The lowest BCUT2D eigenvalue weighted by Crippen LogP contribution is -1.97. The van der Waals surface area contributed by atoms with Crippen LogP contribution in [0.25, 0.3) is 12.2 Å². The van der Waals surface area contributed by atoms with Crippen LogP contribution in [0.15, 0.2) is 48.7 Å². The zero-order valence-electron chi connectivity index (χ0n) is 19.7. The molecule has 0 aliphatic heterocycles. The third-order valence-electron chi connectivity index (χ3n) is 5.78. The van der Waals surface area contributed by atoms with E-state index < -0.39 is 0 Å². The highest BCUT2D eigenvalue weighted by Crippen LogP contribution is 2.16. The van der Waals surface area contributed by atoms with Gasteiger partial charge in [0.2, 0.25) is 0 Å². The van der Waals surface area contributed by atoms with Crippen molar-refractivity contribution in [3.05, 3.63) is 59.9 Å². The maximum absolute atomic E-state index is 5.89. The monoisotopic (exact) mass is 421 g/mol. The predicted molar refractivity (Wildman–Crippen MR) is 135 cm³/mol. The summed E-state index contributed by atoms with van der Waals surface area (Å²) in [5, 5.41) is 0. The van der Waals surface area contributed by atoms with Crippen molar-refractivity contribution in [2.75, 3.05) is 6.61 Å². The van der Waals surface area contributed by atoms with Crippen LogP contribution in [0.3, 0.4) is 0 Å². The van der Waals surface area contributed by atoms with E-state index in [0.29, 0.717) is 0 Å². The Bertz CT molecular complexity index is 678. The van der Waals surface area contributed by atoms with E-state index in [0.717, 1.165) is 30.0 Å². The molecule has 0 unspecified atom stereocenters. The maximum Gasteiger partial charge on any atom is 0.119 e. The lowest BCUT2D eigenvalue weighted by atomic mass is 10.0. The molecule has 0 aliphatic carbocycles. The van der Waals surface area contributed by atoms with Gasteiger partial charge in [0, 0.05) is 6.20 Å². The van der Waals surface area contributed by atoms with Crippen molar-refractivity contribution in [2.45, 2.75) is 96.8 Å². The molecule has 0 radical (unpaired) electrons. The predicted octanol–water partition coefficient (Wildman–Crippen LogP) is 9.11. The van der Waals surface area contributed by atoms with Gasteiger partial charge in [-0.2, -0.15) is 0 Å².